The molecule has 0 unspecified atom stereocenters. The zero-order chi connectivity index (χ0) is 5.98. The summed E-state index contributed by atoms with van der Waals surface area (Å²) in [6.07, 6.45) is 3.82. The minimum Gasteiger partial charge on any atom is -0.153 e. The van der Waals surface area contributed by atoms with E-state index in [1.165, 1.54) is 0 Å². The molecule has 0 fully saturated rings. The van der Waals surface area contributed by atoms with Gasteiger partial charge in [-0.3, -0.25) is 0 Å². The molecule has 0 aromatic carbocycles. The van der Waals surface area contributed by atoms with Crippen molar-refractivity contribution < 1.29 is 4.68 Å². The number of H-pyrrole nitrogens is 1. The van der Waals surface area contributed by atoms with Crippen LogP contribution in [0.4, 0.5) is 0 Å². The van der Waals surface area contributed by atoms with E-state index in [1.54, 1.807) is 18.0 Å². The fourth-order valence-electron chi connectivity index (χ4n) is 0.496. The molecule has 3 nitrogen and oxygen atoms in total. The second-order valence-corrected chi connectivity index (χ2v) is 2.29. The predicted molar refractivity (Wildman–Crippen MR) is 31.5 cm³/mol. The van der Waals surface area contributed by atoms with Gasteiger partial charge in [-0.05, 0) is 6.26 Å². The van der Waals surface area contributed by atoms with Crippen molar-refractivity contribution >= 4 is 11.8 Å². The minimum absolute atomic E-state index is 1.14. The lowest BCUT2D eigenvalue weighted by molar-refractivity contribution is -0.764. The number of aromatic amines is 1. The molecule has 0 spiro atoms. The van der Waals surface area contributed by atoms with Crippen LogP contribution >= 0.6 is 11.8 Å². The molecule has 0 atom stereocenters. The number of aryl methyl sites for hydroxylation is 1. The summed E-state index contributed by atoms with van der Waals surface area (Å²) in [6.45, 7) is 0. The van der Waals surface area contributed by atoms with Crippen LogP contribution in [0.3, 0.4) is 0 Å². The van der Waals surface area contributed by atoms with Crippen molar-refractivity contribution in [2.45, 2.75) is 5.03 Å². The first-order chi connectivity index (χ1) is 3.84. The van der Waals surface area contributed by atoms with E-state index in [0.717, 1.165) is 5.03 Å². The first-order valence-electron chi connectivity index (χ1n) is 2.28. The summed E-state index contributed by atoms with van der Waals surface area (Å²) in [6, 6.07) is 0. The van der Waals surface area contributed by atoms with Crippen LogP contribution in [-0.2, 0) is 7.05 Å². The highest BCUT2D eigenvalue weighted by Crippen LogP contribution is 2.03. The Morgan fingerprint density at radius 3 is 2.88 bits per heavy atom. The molecule has 44 valence electrons. The highest BCUT2D eigenvalue weighted by atomic mass is 32.2. The van der Waals surface area contributed by atoms with E-state index in [2.05, 4.69) is 10.3 Å². The minimum atomic E-state index is 1.14. The second-order valence-electron chi connectivity index (χ2n) is 1.46. The quantitative estimate of drug-likeness (QED) is 0.427. The second kappa shape index (κ2) is 2.17. The average molecular weight is 130 g/mol. The van der Waals surface area contributed by atoms with Crippen LogP contribution in [0, 0.1) is 0 Å². The Hall–Kier alpha value is -0.510. The van der Waals surface area contributed by atoms with Gasteiger partial charge in [-0.15, -0.1) is 0 Å². The van der Waals surface area contributed by atoms with Crippen molar-refractivity contribution in [1.29, 1.82) is 0 Å². The van der Waals surface area contributed by atoms with E-state index in [0.29, 0.717) is 0 Å². The predicted octanol–water partition coefficient (Wildman–Crippen LogP) is -0.0439. The fourth-order valence-corrected chi connectivity index (χ4v) is 0.969. The number of nitrogens with one attached hydrogen (secondary N) is 1. The summed E-state index contributed by atoms with van der Waals surface area (Å²) in [5.41, 5.74) is 0. The lowest BCUT2D eigenvalue weighted by Crippen LogP contribution is -2.31. The van der Waals surface area contributed by atoms with Gasteiger partial charge in [0, 0.05) is 5.10 Å². The molecule has 4 heteroatoms. The maximum Gasteiger partial charge on any atom is 0.226 e. The molecule has 0 amide bonds. The maximum atomic E-state index is 3.81. The normalized spacial score (nSPS) is 9.75. The summed E-state index contributed by atoms with van der Waals surface area (Å²) in [5.74, 6) is 0. The first-order valence-corrected chi connectivity index (χ1v) is 3.50. The molecule has 0 bridgehead atoms. The zero-order valence-electron chi connectivity index (χ0n) is 4.88. The number of hydrogen-bond donors (Lipinski definition) is 1. The van der Waals surface area contributed by atoms with Gasteiger partial charge in [-0.1, -0.05) is 17.0 Å². The van der Waals surface area contributed by atoms with Gasteiger partial charge in [-0.25, -0.2) is 0 Å². The van der Waals surface area contributed by atoms with Gasteiger partial charge in [0.15, 0.2) is 0 Å². The van der Waals surface area contributed by atoms with Gasteiger partial charge in [0.25, 0.3) is 0 Å². The van der Waals surface area contributed by atoms with E-state index < -0.39 is 0 Å². The van der Waals surface area contributed by atoms with Crippen molar-refractivity contribution in [2.24, 2.45) is 7.05 Å². The van der Waals surface area contributed by atoms with Gasteiger partial charge in [0.05, 0.1) is 0 Å². The van der Waals surface area contributed by atoms with Gasteiger partial charge in [-0.2, -0.15) is 4.68 Å². The Labute approximate surface area is 52.1 Å². The summed E-state index contributed by atoms with van der Waals surface area (Å²) >= 11 is 1.67. The molecule has 1 aromatic rings. The van der Waals surface area contributed by atoms with Crippen molar-refractivity contribution in [3.8, 4) is 0 Å². The van der Waals surface area contributed by atoms with Crippen LogP contribution in [0.5, 0.6) is 0 Å². The van der Waals surface area contributed by atoms with Crippen LogP contribution in [-0.4, -0.2) is 16.6 Å². The largest absolute Gasteiger partial charge is 0.226 e. The number of thioether (sulfide) groups is 1. The van der Waals surface area contributed by atoms with Crippen molar-refractivity contribution in [3.63, 3.8) is 0 Å². The molecule has 1 aromatic heterocycles. The number of aromatic nitrogens is 3. The third-order valence-electron chi connectivity index (χ3n) is 0.922. The van der Waals surface area contributed by atoms with Crippen LogP contribution in [0.25, 0.3) is 0 Å². The Bertz CT molecular complexity index is 172. The monoisotopic (exact) mass is 130 g/mol. The van der Waals surface area contributed by atoms with E-state index in [4.69, 9.17) is 0 Å². The Balaban J connectivity index is 2.92. The van der Waals surface area contributed by atoms with Gasteiger partial charge < -0.3 is 0 Å². The average Bonchev–Trinajstić information content (AvgIpc) is 2.14. The molecule has 0 aliphatic rings. The highest BCUT2D eigenvalue weighted by molar-refractivity contribution is 7.98. The summed E-state index contributed by atoms with van der Waals surface area (Å²) in [5, 5.41) is 7.72. The van der Waals surface area contributed by atoms with Gasteiger partial charge >= 0.3 is 0 Å². The molecule has 0 saturated heterocycles. The molecule has 1 N–H and O–H groups in total. The molecular weight excluding hydrogens is 122 g/mol. The molecule has 0 aliphatic carbocycles. The van der Waals surface area contributed by atoms with Crippen LogP contribution in [0.1, 0.15) is 0 Å². The summed E-state index contributed by atoms with van der Waals surface area (Å²) < 4.78 is 1.87. The van der Waals surface area contributed by atoms with E-state index in [-0.39, 0.29) is 0 Å². The third kappa shape index (κ3) is 0.838. The fraction of sp³-hybridized carbons (Fsp3) is 0.500. The molecule has 0 saturated carbocycles. The standard InChI is InChI=1S/C4H7N3S/c1-7-4(8-2)3-5-6-7/h3H,1-2H3/p+1. The Morgan fingerprint density at radius 1 is 1.88 bits per heavy atom. The number of hydrogen-bond acceptors (Lipinski definition) is 2. The first kappa shape index (κ1) is 5.62. The lowest BCUT2D eigenvalue weighted by Gasteiger charge is -1.82. The number of rotatable bonds is 1. The third-order valence-corrected chi connectivity index (χ3v) is 1.72. The van der Waals surface area contributed by atoms with Crippen molar-refractivity contribution in [2.75, 3.05) is 6.26 Å². The molecule has 8 heavy (non-hydrogen) atoms. The molecule has 0 radical (unpaired) electrons. The Morgan fingerprint density at radius 2 is 2.62 bits per heavy atom. The van der Waals surface area contributed by atoms with Crippen LogP contribution in [0.15, 0.2) is 11.2 Å². The molecule has 1 rings (SSSR count). The zero-order valence-corrected chi connectivity index (χ0v) is 5.70. The molecule has 1 heterocycles. The van der Waals surface area contributed by atoms with E-state index >= 15 is 0 Å². The van der Waals surface area contributed by atoms with Crippen LogP contribution < -0.4 is 4.68 Å². The SMILES string of the molecule is CSc1cn[nH][n+]1C. The summed E-state index contributed by atoms with van der Waals surface area (Å²) in [7, 11) is 1.93. The van der Waals surface area contributed by atoms with Crippen LogP contribution in [0.2, 0.25) is 0 Å². The topological polar surface area (TPSA) is 32.6 Å². The van der Waals surface area contributed by atoms with Gasteiger partial charge in [0.2, 0.25) is 11.2 Å². The van der Waals surface area contributed by atoms with E-state index in [1.807, 2.05) is 18.0 Å². The van der Waals surface area contributed by atoms with E-state index in [9.17, 15) is 0 Å². The van der Waals surface area contributed by atoms with Crippen molar-refractivity contribution in [1.82, 2.24) is 10.3 Å². The number of nitrogens with zero attached hydrogens (tertiary/aromatic N) is 2. The highest BCUT2D eigenvalue weighted by Gasteiger charge is 2.01. The summed E-state index contributed by atoms with van der Waals surface area (Å²) in [4.78, 5) is 0. The Kier molecular flexibility index (Phi) is 1.53. The molecule has 0 aliphatic heterocycles. The molecular formula is C4H8N3S+. The van der Waals surface area contributed by atoms with Gasteiger partial charge in [0.1, 0.15) is 7.05 Å². The maximum absolute atomic E-state index is 3.81. The van der Waals surface area contributed by atoms with Crippen molar-refractivity contribution in [3.05, 3.63) is 6.20 Å². The lowest BCUT2D eigenvalue weighted by atomic mass is 10.9. The smallest absolute Gasteiger partial charge is 0.153 e.